The summed E-state index contributed by atoms with van der Waals surface area (Å²) in [6.45, 7) is 0. The molecule has 1 aliphatic carbocycles. The fourth-order valence-corrected chi connectivity index (χ4v) is 2.14. The Kier molecular flexibility index (Phi) is 1.86. The van der Waals surface area contributed by atoms with E-state index in [2.05, 4.69) is 6.08 Å². The second kappa shape index (κ2) is 3.23. The number of hydrogen-bond donors (Lipinski definition) is 1. The van der Waals surface area contributed by atoms with E-state index in [9.17, 15) is 4.79 Å². The van der Waals surface area contributed by atoms with E-state index < -0.39 is 0 Å². The minimum absolute atomic E-state index is 0.238. The van der Waals surface area contributed by atoms with E-state index >= 15 is 0 Å². The lowest BCUT2D eigenvalue weighted by molar-refractivity contribution is 0.549. The first-order chi connectivity index (χ1) is 7.75. The summed E-state index contributed by atoms with van der Waals surface area (Å²) in [6.07, 6.45) is 5.73. The minimum Gasteiger partial charge on any atom is -0.422 e. The highest BCUT2D eigenvalue weighted by atomic mass is 16.4. The molecule has 0 spiro atoms. The van der Waals surface area contributed by atoms with Crippen molar-refractivity contribution < 1.29 is 4.42 Å². The third kappa shape index (κ3) is 1.25. The zero-order valence-electron chi connectivity index (χ0n) is 8.69. The highest BCUT2D eigenvalue weighted by Gasteiger charge is 2.14. The molecule has 0 radical (unpaired) electrons. The standard InChI is InChI=1S/C13H11NO2/c14-8-5-6-10-9-3-1-2-4-11(9)13(15)16-12(10)7-8/h1,3,5-7H,2,4,14H2. The molecule has 1 aromatic heterocycles. The molecule has 1 aliphatic rings. The van der Waals surface area contributed by atoms with Crippen molar-refractivity contribution in [2.75, 3.05) is 5.73 Å². The van der Waals surface area contributed by atoms with Crippen molar-refractivity contribution in [2.24, 2.45) is 0 Å². The fraction of sp³-hybridized carbons (Fsp3) is 0.154. The third-order valence-corrected chi connectivity index (χ3v) is 2.92. The summed E-state index contributed by atoms with van der Waals surface area (Å²) in [6, 6.07) is 5.42. The van der Waals surface area contributed by atoms with Gasteiger partial charge in [0.05, 0.1) is 0 Å². The molecule has 0 saturated heterocycles. The van der Waals surface area contributed by atoms with Crippen LogP contribution in [-0.4, -0.2) is 0 Å². The van der Waals surface area contributed by atoms with Gasteiger partial charge in [-0.1, -0.05) is 12.2 Å². The average molecular weight is 213 g/mol. The normalized spacial score (nSPS) is 14.0. The number of rotatable bonds is 0. The van der Waals surface area contributed by atoms with Gasteiger partial charge in [0.2, 0.25) is 0 Å². The number of anilines is 1. The van der Waals surface area contributed by atoms with Crippen LogP contribution in [0.1, 0.15) is 17.5 Å². The van der Waals surface area contributed by atoms with Crippen LogP contribution in [0.25, 0.3) is 17.0 Å². The van der Waals surface area contributed by atoms with E-state index in [1.165, 1.54) is 0 Å². The van der Waals surface area contributed by atoms with E-state index in [1.54, 1.807) is 6.07 Å². The molecule has 80 valence electrons. The summed E-state index contributed by atoms with van der Waals surface area (Å²) in [4.78, 5) is 11.7. The van der Waals surface area contributed by atoms with Gasteiger partial charge >= 0.3 is 5.63 Å². The highest BCUT2D eigenvalue weighted by Crippen LogP contribution is 2.26. The first-order valence-corrected chi connectivity index (χ1v) is 5.27. The molecule has 0 aliphatic heterocycles. The quantitative estimate of drug-likeness (QED) is 0.539. The Bertz CT molecular complexity index is 653. The molecule has 0 saturated carbocycles. The molecule has 3 heteroatoms. The second-order valence-corrected chi connectivity index (χ2v) is 3.98. The van der Waals surface area contributed by atoms with E-state index in [-0.39, 0.29) is 5.63 Å². The zero-order chi connectivity index (χ0) is 11.1. The van der Waals surface area contributed by atoms with Crippen LogP contribution in [0.2, 0.25) is 0 Å². The summed E-state index contributed by atoms with van der Waals surface area (Å²) in [5.74, 6) is 0. The molecule has 0 bridgehead atoms. The van der Waals surface area contributed by atoms with Crippen molar-refractivity contribution in [3.63, 3.8) is 0 Å². The molecule has 3 nitrogen and oxygen atoms in total. The summed E-state index contributed by atoms with van der Waals surface area (Å²) in [5.41, 5.74) is 8.36. The van der Waals surface area contributed by atoms with Gasteiger partial charge in [-0.15, -0.1) is 0 Å². The van der Waals surface area contributed by atoms with Crippen LogP contribution >= 0.6 is 0 Å². The SMILES string of the molecule is Nc1ccc2c3c(c(=O)oc2c1)CCC=C3. The number of nitrogens with two attached hydrogens (primary N) is 1. The number of allylic oxidation sites excluding steroid dienone is 1. The van der Waals surface area contributed by atoms with Crippen LogP contribution in [0.5, 0.6) is 0 Å². The molecule has 2 aromatic rings. The van der Waals surface area contributed by atoms with Gasteiger partial charge in [0, 0.05) is 22.7 Å². The lowest BCUT2D eigenvalue weighted by Gasteiger charge is -2.11. The zero-order valence-corrected chi connectivity index (χ0v) is 8.69. The molecular weight excluding hydrogens is 202 g/mol. The number of fused-ring (bicyclic) bond motifs is 3. The summed E-state index contributed by atoms with van der Waals surface area (Å²) in [7, 11) is 0. The second-order valence-electron chi connectivity index (χ2n) is 3.98. The summed E-state index contributed by atoms with van der Waals surface area (Å²) < 4.78 is 5.27. The molecule has 2 N–H and O–H groups in total. The fourth-order valence-electron chi connectivity index (χ4n) is 2.14. The monoisotopic (exact) mass is 213 g/mol. The third-order valence-electron chi connectivity index (χ3n) is 2.92. The predicted molar refractivity (Wildman–Crippen MR) is 64.3 cm³/mol. The van der Waals surface area contributed by atoms with Gasteiger partial charge in [-0.25, -0.2) is 4.79 Å². The molecule has 0 atom stereocenters. The van der Waals surface area contributed by atoms with Crippen LogP contribution < -0.4 is 11.4 Å². The summed E-state index contributed by atoms with van der Waals surface area (Å²) in [5, 5.41) is 0.958. The lowest BCUT2D eigenvalue weighted by atomic mass is 9.96. The Morgan fingerprint density at radius 2 is 2.19 bits per heavy atom. The van der Waals surface area contributed by atoms with Crippen molar-refractivity contribution in [2.45, 2.75) is 12.8 Å². The Morgan fingerprint density at radius 3 is 3.06 bits per heavy atom. The van der Waals surface area contributed by atoms with Crippen LogP contribution in [0, 0.1) is 0 Å². The Labute approximate surface area is 92.2 Å². The van der Waals surface area contributed by atoms with Crippen molar-refractivity contribution in [1.82, 2.24) is 0 Å². The summed E-state index contributed by atoms with van der Waals surface area (Å²) >= 11 is 0. The van der Waals surface area contributed by atoms with E-state index in [4.69, 9.17) is 10.2 Å². The predicted octanol–water partition coefficient (Wildman–Crippen LogP) is 2.33. The maximum Gasteiger partial charge on any atom is 0.340 e. The van der Waals surface area contributed by atoms with Gasteiger partial charge in [-0.3, -0.25) is 0 Å². The number of benzene rings is 1. The van der Waals surface area contributed by atoms with Crippen LogP contribution in [0.15, 0.2) is 33.5 Å². The molecule has 16 heavy (non-hydrogen) atoms. The van der Waals surface area contributed by atoms with Gasteiger partial charge in [0.15, 0.2) is 0 Å². The Hall–Kier alpha value is -2.03. The van der Waals surface area contributed by atoms with Crippen molar-refractivity contribution in [3.8, 4) is 0 Å². The maximum absolute atomic E-state index is 11.7. The Morgan fingerprint density at radius 1 is 1.31 bits per heavy atom. The van der Waals surface area contributed by atoms with Crippen molar-refractivity contribution in [1.29, 1.82) is 0 Å². The van der Waals surface area contributed by atoms with Gasteiger partial charge < -0.3 is 10.2 Å². The highest BCUT2D eigenvalue weighted by molar-refractivity contribution is 5.89. The molecule has 1 aromatic carbocycles. The van der Waals surface area contributed by atoms with Crippen LogP contribution in [0.4, 0.5) is 5.69 Å². The molecule has 1 heterocycles. The van der Waals surface area contributed by atoms with Crippen LogP contribution in [0.3, 0.4) is 0 Å². The van der Waals surface area contributed by atoms with Crippen molar-refractivity contribution >= 4 is 22.7 Å². The molecule has 0 unspecified atom stereocenters. The Balaban J connectivity index is 2.48. The van der Waals surface area contributed by atoms with E-state index in [1.807, 2.05) is 18.2 Å². The molecular formula is C13H11NO2. The first kappa shape index (κ1) is 9.21. The minimum atomic E-state index is -0.238. The maximum atomic E-state index is 11.7. The first-order valence-electron chi connectivity index (χ1n) is 5.27. The largest absolute Gasteiger partial charge is 0.422 e. The molecule has 3 rings (SSSR count). The topological polar surface area (TPSA) is 56.2 Å². The van der Waals surface area contributed by atoms with Crippen LogP contribution in [-0.2, 0) is 6.42 Å². The smallest absolute Gasteiger partial charge is 0.340 e. The van der Waals surface area contributed by atoms with Gasteiger partial charge in [-0.2, -0.15) is 0 Å². The van der Waals surface area contributed by atoms with Gasteiger partial charge in [-0.05, 0) is 30.5 Å². The van der Waals surface area contributed by atoms with Crippen molar-refractivity contribution in [3.05, 3.63) is 45.8 Å². The van der Waals surface area contributed by atoms with Gasteiger partial charge in [0.25, 0.3) is 0 Å². The van der Waals surface area contributed by atoms with Gasteiger partial charge in [0.1, 0.15) is 5.58 Å². The lowest BCUT2D eigenvalue weighted by Crippen LogP contribution is -2.11. The average Bonchev–Trinajstić information content (AvgIpc) is 2.29. The number of nitrogen functional groups attached to an aromatic ring is 1. The van der Waals surface area contributed by atoms with E-state index in [0.29, 0.717) is 11.3 Å². The molecule has 0 fully saturated rings. The number of hydrogen-bond acceptors (Lipinski definition) is 3. The van der Waals surface area contributed by atoms with E-state index in [0.717, 1.165) is 29.4 Å². The molecule has 0 amide bonds.